The molecule has 126 valence electrons. The third-order valence-electron chi connectivity index (χ3n) is 4.60. The number of hydrogen-bond donors (Lipinski definition) is 1. The summed E-state index contributed by atoms with van der Waals surface area (Å²) in [5.41, 5.74) is 2.02. The number of piperidine rings is 1. The number of rotatable bonds is 4. The maximum absolute atomic E-state index is 12.9. The van der Waals surface area contributed by atoms with Crippen molar-refractivity contribution in [2.45, 2.75) is 31.1 Å². The van der Waals surface area contributed by atoms with Gasteiger partial charge in [0.1, 0.15) is 11.0 Å². The van der Waals surface area contributed by atoms with Gasteiger partial charge in [-0.15, -0.1) is 0 Å². The molecule has 1 saturated heterocycles. The largest absolute Gasteiger partial charge is 0.283 e. The van der Waals surface area contributed by atoms with E-state index >= 15 is 0 Å². The van der Waals surface area contributed by atoms with Gasteiger partial charge in [0.15, 0.2) is 0 Å². The Bertz CT molecular complexity index is 845. The van der Waals surface area contributed by atoms with Crippen molar-refractivity contribution in [1.82, 2.24) is 14.5 Å². The quantitative estimate of drug-likeness (QED) is 0.921. The lowest BCUT2D eigenvalue weighted by Crippen LogP contribution is -2.39. The number of benzene rings is 1. The van der Waals surface area contributed by atoms with Gasteiger partial charge in [0, 0.05) is 25.0 Å². The minimum atomic E-state index is -3.62. The number of H-pyrrole nitrogens is 1. The Kier molecular flexibility index (Phi) is 4.69. The molecule has 1 aliphatic heterocycles. The second-order valence-corrected chi connectivity index (χ2v) is 8.10. The number of nitriles is 1. The van der Waals surface area contributed by atoms with Crippen LogP contribution in [-0.4, -0.2) is 36.0 Å². The minimum Gasteiger partial charge on any atom is -0.283 e. The highest BCUT2D eigenvalue weighted by Gasteiger charge is 2.31. The van der Waals surface area contributed by atoms with Crippen LogP contribution >= 0.6 is 0 Å². The summed E-state index contributed by atoms with van der Waals surface area (Å²) in [6.45, 7) is 2.73. The van der Waals surface area contributed by atoms with E-state index in [2.05, 4.69) is 10.2 Å². The van der Waals surface area contributed by atoms with Gasteiger partial charge in [-0.2, -0.15) is 14.7 Å². The van der Waals surface area contributed by atoms with E-state index in [1.807, 2.05) is 12.1 Å². The normalized spacial score (nSPS) is 16.8. The van der Waals surface area contributed by atoms with Crippen molar-refractivity contribution in [1.29, 1.82) is 5.26 Å². The van der Waals surface area contributed by atoms with Crippen molar-refractivity contribution in [3.8, 4) is 6.07 Å². The van der Waals surface area contributed by atoms with Crippen molar-refractivity contribution in [3.63, 3.8) is 0 Å². The molecule has 0 amide bonds. The maximum Gasteiger partial charge on any atom is 0.244 e. The molecule has 0 radical (unpaired) electrons. The second kappa shape index (κ2) is 6.75. The van der Waals surface area contributed by atoms with Crippen molar-refractivity contribution < 1.29 is 8.42 Å². The zero-order chi connectivity index (χ0) is 17.2. The first kappa shape index (κ1) is 16.7. The summed E-state index contributed by atoms with van der Waals surface area (Å²) in [4.78, 5) is 0.122. The lowest BCUT2D eigenvalue weighted by Gasteiger charge is -2.31. The summed E-state index contributed by atoms with van der Waals surface area (Å²) >= 11 is 0. The van der Waals surface area contributed by atoms with Gasteiger partial charge in [-0.3, -0.25) is 5.10 Å². The fraction of sp³-hybridized carbons (Fsp3) is 0.412. The van der Waals surface area contributed by atoms with Crippen LogP contribution in [0, 0.1) is 24.2 Å². The number of nitrogens with zero attached hydrogens (tertiary/aromatic N) is 3. The Morgan fingerprint density at radius 1 is 1.33 bits per heavy atom. The highest BCUT2D eigenvalue weighted by Crippen LogP contribution is 2.28. The predicted molar refractivity (Wildman–Crippen MR) is 89.7 cm³/mol. The summed E-state index contributed by atoms with van der Waals surface area (Å²) in [5.74, 6) is 0.449. The lowest BCUT2D eigenvalue weighted by molar-refractivity contribution is 0.271. The van der Waals surface area contributed by atoms with Crippen LogP contribution in [0.4, 0.5) is 0 Å². The molecule has 24 heavy (non-hydrogen) atoms. The zero-order valence-electron chi connectivity index (χ0n) is 13.6. The molecule has 0 spiro atoms. The van der Waals surface area contributed by atoms with Gasteiger partial charge in [0.05, 0.1) is 5.56 Å². The second-order valence-electron chi connectivity index (χ2n) is 6.19. The average Bonchev–Trinajstić information content (AvgIpc) is 3.08. The molecule has 2 aromatic rings. The van der Waals surface area contributed by atoms with Crippen molar-refractivity contribution >= 4 is 10.0 Å². The van der Waals surface area contributed by atoms with Crippen LogP contribution in [0.25, 0.3) is 0 Å². The number of hydrogen-bond acceptors (Lipinski definition) is 4. The standard InChI is InChI=1S/C17H20N4O2S/c1-13-3-2-4-17(16(13)12-18)24(22,23)21-9-6-14(7-10-21)11-15-5-8-19-20-15/h2-5,8,14H,6-7,9-11H2,1H3,(H,19,20). The molecule has 6 nitrogen and oxygen atoms in total. The maximum atomic E-state index is 12.9. The molecule has 0 atom stereocenters. The van der Waals surface area contributed by atoms with Crippen molar-refractivity contribution in [3.05, 3.63) is 47.3 Å². The summed E-state index contributed by atoms with van der Waals surface area (Å²) < 4.78 is 27.3. The van der Waals surface area contributed by atoms with Crippen LogP contribution in [0.3, 0.4) is 0 Å². The molecule has 0 saturated carbocycles. The Hall–Kier alpha value is -2.17. The van der Waals surface area contributed by atoms with E-state index < -0.39 is 10.0 Å². The van der Waals surface area contributed by atoms with Crippen LogP contribution < -0.4 is 0 Å². The fourth-order valence-corrected chi connectivity index (χ4v) is 4.89. The summed E-state index contributed by atoms with van der Waals surface area (Å²) in [6.07, 6.45) is 4.25. The monoisotopic (exact) mass is 344 g/mol. The van der Waals surface area contributed by atoms with E-state index in [-0.39, 0.29) is 10.5 Å². The fourth-order valence-electron chi connectivity index (χ4n) is 3.20. The third kappa shape index (κ3) is 3.21. The molecule has 1 aliphatic rings. The smallest absolute Gasteiger partial charge is 0.244 e. The molecule has 0 aliphatic carbocycles. The first-order valence-electron chi connectivity index (χ1n) is 8.00. The van der Waals surface area contributed by atoms with Gasteiger partial charge in [-0.1, -0.05) is 12.1 Å². The topological polar surface area (TPSA) is 89.8 Å². The first-order chi connectivity index (χ1) is 11.5. The number of aromatic amines is 1. The molecular weight excluding hydrogens is 324 g/mol. The minimum absolute atomic E-state index is 0.122. The Morgan fingerprint density at radius 2 is 2.08 bits per heavy atom. The van der Waals surface area contributed by atoms with Gasteiger partial charge in [-0.05, 0) is 49.8 Å². The van der Waals surface area contributed by atoms with Gasteiger partial charge in [0.2, 0.25) is 10.0 Å². The van der Waals surface area contributed by atoms with Gasteiger partial charge in [0.25, 0.3) is 0 Å². The lowest BCUT2D eigenvalue weighted by atomic mass is 9.93. The molecule has 3 rings (SSSR count). The van der Waals surface area contributed by atoms with E-state index in [0.717, 1.165) is 25.0 Å². The van der Waals surface area contributed by atoms with Crippen LogP contribution in [0.15, 0.2) is 35.4 Å². The van der Waals surface area contributed by atoms with E-state index in [1.165, 1.54) is 10.4 Å². The number of sulfonamides is 1. The molecule has 2 heterocycles. The Balaban J connectivity index is 1.74. The predicted octanol–water partition coefficient (Wildman–Crippen LogP) is 2.23. The molecule has 0 unspecified atom stereocenters. The van der Waals surface area contributed by atoms with E-state index in [0.29, 0.717) is 24.6 Å². The van der Waals surface area contributed by atoms with Crippen molar-refractivity contribution in [2.24, 2.45) is 5.92 Å². The molecule has 0 bridgehead atoms. The molecule has 1 N–H and O–H groups in total. The average molecular weight is 344 g/mol. The van der Waals surface area contributed by atoms with Crippen molar-refractivity contribution in [2.75, 3.05) is 13.1 Å². The molecule has 7 heteroatoms. The van der Waals surface area contributed by atoms with Crippen LogP contribution in [0.1, 0.15) is 29.7 Å². The van der Waals surface area contributed by atoms with Crippen LogP contribution in [-0.2, 0) is 16.4 Å². The van der Waals surface area contributed by atoms with Crippen LogP contribution in [0.2, 0.25) is 0 Å². The molecule has 1 aromatic heterocycles. The molecular formula is C17H20N4O2S. The van der Waals surface area contributed by atoms with E-state index in [9.17, 15) is 13.7 Å². The molecule has 1 fully saturated rings. The number of aryl methyl sites for hydroxylation is 1. The SMILES string of the molecule is Cc1cccc(S(=O)(=O)N2CCC(Cc3ccn[nH]3)CC2)c1C#N. The summed E-state index contributed by atoms with van der Waals surface area (Å²) in [6, 6.07) is 8.96. The van der Waals surface area contributed by atoms with Gasteiger partial charge >= 0.3 is 0 Å². The third-order valence-corrected chi connectivity index (χ3v) is 6.55. The highest BCUT2D eigenvalue weighted by atomic mass is 32.2. The number of aromatic nitrogens is 2. The van der Waals surface area contributed by atoms with Gasteiger partial charge < -0.3 is 0 Å². The Labute approximate surface area is 142 Å². The molecule has 1 aromatic carbocycles. The van der Waals surface area contributed by atoms with Crippen LogP contribution in [0.5, 0.6) is 0 Å². The van der Waals surface area contributed by atoms with Gasteiger partial charge in [-0.25, -0.2) is 8.42 Å². The first-order valence-corrected chi connectivity index (χ1v) is 9.44. The van der Waals surface area contributed by atoms with E-state index in [4.69, 9.17) is 0 Å². The summed E-state index contributed by atoms with van der Waals surface area (Å²) in [7, 11) is -3.62. The Morgan fingerprint density at radius 3 is 2.71 bits per heavy atom. The number of nitrogens with one attached hydrogen (secondary N) is 1. The van der Waals surface area contributed by atoms with E-state index in [1.54, 1.807) is 25.3 Å². The highest BCUT2D eigenvalue weighted by molar-refractivity contribution is 7.89. The summed E-state index contributed by atoms with van der Waals surface area (Å²) in [5, 5.41) is 16.2. The zero-order valence-corrected chi connectivity index (χ0v) is 14.4.